The number of ether oxygens (including phenoxy) is 1. The summed E-state index contributed by atoms with van der Waals surface area (Å²) >= 11 is 26.4. The number of rotatable bonds is 5. The molecule has 0 aliphatic carbocycles. The first-order valence-corrected chi connectivity index (χ1v) is 21.2. The minimum atomic E-state index is -0.353. The number of hydrogen-bond donors (Lipinski definition) is 5. The van der Waals surface area contributed by atoms with Crippen LogP contribution in [-0.4, -0.2) is 64.9 Å². The Hall–Kier alpha value is -3.43. The Morgan fingerprint density at radius 3 is 1.73 bits per heavy atom. The van der Waals surface area contributed by atoms with Crippen LogP contribution in [0, 0.1) is 11.6 Å². The largest absolute Gasteiger partial charge is 0.381 e. The van der Waals surface area contributed by atoms with Gasteiger partial charge in [-0.3, -0.25) is 14.5 Å². The van der Waals surface area contributed by atoms with Crippen LogP contribution >= 0.6 is 74.7 Å². The van der Waals surface area contributed by atoms with Gasteiger partial charge in [0.25, 0.3) is 0 Å². The number of aromatic nitrogens is 2. The maximum Gasteiger partial charge on any atom is 0.238 e. The number of H-pyrrole nitrogens is 2. The minimum absolute atomic E-state index is 0. The van der Waals surface area contributed by atoms with Crippen molar-refractivity contribution >= 4 is 120 Å². The highest BCUT2D eigenvalue weighted by Crippen LogP contribution is 2.32. The van der Waals surface area contributed by atoms with Crippen molar-refractivity contribution in [3.05, 3.63) is 127 Å². The first-order chi connectivity index (χ1) is 28.0. The third-order valence-corrected chi connectivity index (χ3v) is 11.0. The van der Waals surface area contributed by atoms with Crippen LogP contribution in [0.3, 0.4) is 0 Å². The van der Waals surface area contributed by atoms with Crippen molar-refractivity contribution in [2.45, 2.75) is 38.8 Å². The van der Waals surface area contributed by atoms with Crippen LogP contribution in [0.5, 0.6) is 0 Å². The van der Waals surface area contributed by atoms with Crippen molar-refractivity contribution in [2.24, 2.45) is 0 Å². The van der Waals surface area contributed by atoms with Gasteiger partial charge in [-0.1, -0.05) is 62.3 Å². The Labute approximate surface area is 375 Å². The molecule has 0 spiro atoms. The molecule has 2 amide bonds. The minimum Gasteiger partial charge on any atom is -0.381 e. The molecule has 1 saturated heterocycles. The number of nitrogens with one attached hydrogen (secondary N) is 5. The molecule has 2 aromatic heterocycles. The van der Waals surface area contributed by atoms with Crippen molar-refractivity contribution in [2.75, 3.05) is 48.8 Å². The number of alkyl halides is 1. The first-order valence-electron chi connectivity index (χ1n) is 18.6. The number of fused-ring (bicyclic) bond motifs is 6. The van der Waals surface area contributed by atoms with Crippen LogP contribution in [0.25, 0.3) is 21.8 Å². The van der Waals surface area contributed by atoms with E-state index in [0.717, 1.165) is 79.1 Å². The summed E-state index contributed by atoms with van der Waals surface area (Å²) in [6.45, 7) is 5.27. The summed E-state index contributed by atoms with van der Waals surface area (Å²) in [6, 6.07) is 20.2. The normalized spacial score (nSPS) is 14.3. The van der Waals surface area contributed by atoms with E-state index in [1.54, 1.807) is 54.6 Å². The molecule has 3 aliphatic heterocycles. The molecule has 0 radical (unpaired) electrons. The number of amides is 2. The third-order valence-electron chi connectivity index (χ3n) is 9.53. The Morgan fingerprint density at radius 2 is 1.22 bits per heavy atom. The van der Waals surface area contributed by atoms with Gasteiger partial charge < -0.3 is 30.7 Å². The second-order valence-electron chi connectivity index (χ2n) is 13.7. The number of hydrogen-bond acceptors (Lipinski definition) is 5. The summed E-state index contributed by atoms with van der Waals surface area (Å²) in [5.41, 5.74) is 6.81. The molecule has 59 heavy (non-hydrogen) atoms. The van der Waals surface area contributed by atoms with Gasteiger partial charge in [-0.15, -0.1) is 12.4 Å². The molecule has 6 aromatic rings. The SMILES string of the molecule is C1CCOC1.Cl.Fc1cc(Cl)cc2c3c([nH]c12)CNCC3.O=C(CBr)Nc1ccc(Cl)cc1.O=C(CN1CCc2c([nH]c3c(F)cc(Cl)cc23)C1)Nc1ccc(Cl)cc1. The van der Waals surface area contributed by atoms with E-state index in [2.05, 4.69) is 41.8 Å². The predicted octanol–water partition coefficient (Wildman–Crippen LogP) is 11.1. The number of benzene rings is 4. The predicted molar refractivity (Wildman–Crippen MR) is 242 cm³/mol. The van der Waals surface area contributed by atoms with Gasteiger partial charge >= 0.3 is 0 Å². The lowest BCUT2D eigenvalue weighted by Crippen LogP contribution is -2.37. The highest BCUT2D eigenvalue weighted by Gasteiger charge is 2.24. The van der Waals surface area contributed by atoms with Crippen molar-refractivity contribution in [3.63, 3.8) is 0 Å². The standard InChI is InChI=1S/C19H16Cl2FN3O.C11H10ClFN2.C8H7BrClNO.C4H8O.ClH/c20-11-1-3-13(4-2-11)23-18(26)10-25-6-5-14-15-7-12(21)8-16(22)19(15)24-17(14)9-25;12-6-3-8-7-1-2-14-5-10(7)15-11(8)9(13)4-6;9-5-8(12)11-7-3-1-6(10)2-4-7;1-2-4-5-3-1;/h1-4,7-8,24H,5-6,9-10H2,(H,23,26);3-4,14-15H,1-2,5H2;1-4H,5H2,(H,11,12);1-4H2;1H. The maximum atomic E-state index is 14.1. The van der Waals surface area contributed by atoms with Gasteiger partial charge in [-0.2, -0.15) is 0 Å². The van der Waals surface area contributed by atoms with Gasteiger partial charge in [-0.25, -0.2) is 8.78 Å². The maximum absolute atomic E-state index is 14.1. The second-order valence-corrected chi connectivity index (χ2v) is 16.0. The summed E-state index contributed by atoms with van der Waals surface area (Å²) in [5, 5.41) is 13.0. The van der Waals surface area contributed by atoms with E-state index < -0.39 is 0 Å². The fourth-order valence-electron chi connectivity index (χ4n) is 6.82. The molecule has 9 rings (SSSR count). The Bertz CT molecular complexity index is 2350. The van der Waals surface area contributed by atoms with Gasteiger partial charge in [0, 0.05) is 86.5 Å². The average molecular weight is 974 g/mol. The number of aromatic amines is 2. The van der Waals surface area contributed by atoms with Gasteiger partial charge in [0.1, 0.15) is 11.6 Å². The van der Waals surface area contributed by atoms with E-state index in [0.29, 0.717) is 48.7 Å². The zero-order chi connectivity index (χ0) is 41.2. The molecule has 0 bridgehead atoms. The summed E-state index contributed by atoms with van der Waals surface area (Å²) in [7, 11) is 0. The summed E-state index contributed by atoms with van der Waals surface area (Å²) in [6.07, 6.45) is 4.22. The van der Waals surface area contributed by atoms with E-state index in [9.17, 15) is 18.4 Å². The molecule has 0 saturated carbocycles. The lowest BCUT2D eigenvalue weighted by Gasteiger charge is -2.26. The van der Waals surface area contributed by atoms with Crippen LogP contribution in [0.15, 0.2) is 72.8 Å². The van der Waals surface area contributed by atoms with Crippen LogP contribution < -0.4 is 16.0 Å². The summed E-state index contributed by atoms with van der Waals surface area (Å²) in [4.78, 5) is 31.4. The molecule has 5 heterocycles. The first kappa shape index (κ1) is 46.6. The van der Waals surface area contributed by atoms with Gasteiger partial charge in [0.2, 0.25) is 11.8 Å². The van der Waals surface area contributed by atoms with Gasteiger partial charge in [0.05, 0.1) is 22.9 Å². The van der Waals surface area contributed by atoms with Crippen LogP contribution in [0.1, 0.15) is 35.4 Å². The zero-order valence-electron chi connectivity index (χ0n) is 31.6. The summed E-state index contributed by atoms with van der Waals surface area (Å²) < 4.78 is 32.7. The number of carbonyl (C=O) groups is 2. The number of halogens is 8. The molecule has 0 unspecified atom stereocenters. The Morgan fingerprint density at radius 1 is 0.712 bits per heavy atom. The van der Waals surface area contributed by atoms with E-state index in [1.165, 1.54) is 30.5 Å². The van der Waals surface area contributed by atoms with Crippen LogP contribution in [0.2, 0.25) is 20.1 Å². The van der Waals surface area contributed by atoms with E-state index >= 15 is 0 Å². The number of carbonyl (C=O) groups excluding carboxylic acids is 2. The molecule has 5 N–H and O–H groups in total. The lowest BCUT2D eigenvalue weighted by molar-refractivity contribution is -0.117. The average Bonchev–Trinajstić information content (AvgIpc) is 3.98. The molecular formula is C42H42BrCl5F2N6O3. The van der Waals surface area contributed by atoms with E-state index in [1.807, 2.05) is 11.0 Å². The highest BCUT2D eigenvalue weighted by molar-refractivity contribution is 9.09. The lowest BCUT2D eigenvalue weighted by atomic mass is 10.0. The molecule has 17 heteroatoms. The smallest absolute Gasteiger partial charge is 0.238 e. The molecule has 1 fully saturated rings. The van der Waals surface area contributed by atoms with Crippen molar-refractivity contribution in [3.8, 4) is 0 Å². The van der Waals surface area contributed by atoms with Crippen molar-refractivity contribution in [1.29, 1.82) is 0 Å². The van der Waals surface area contributed by atoms with Crippen LogP contribution in [0.4, 0.5) is 20.2 Å². The fraction of sp³-hybridized carbons (Fsp3) is 0.286. The van der Waals surface area contributed by atoms with Gasteiger partial charge in [-0.05, 0) is 116 Å². The van der Waals surface area contributed by atoms with E-state index in [-0.39, 0.29) is 42.4 Å². The van der Waals surface area contributed by atoms with E-state index in [4.69, 9.17) is 51.1 Å². The molecule has 4 aromatic carbocycles. The third kappa shape index (κ3) is 13.0. The monoisotopic (exact) mass is 970 g/mol. The quantitative estimate of drug-likeness (QED) is 0.110. The number of anilines is 2. The number of nitrogens with zero attached hydrogens (tertiary/aromatic N) is 1. The molecule has 9 nitrogen and oxygen atoms in total. The van der Waals surface area contributed by atoms with Crippen LogP contribution in [-0.2, 0) is 40.3 Å². The van der Waals surface area contributed by atoms with Crippen molar-refractivity contribution in [1.82, 2.24) is 20.2 Å². The Balaban J connectivity index is 0.000000169. The topological polar surface area (TPSA) is 114 Å². The fourth-order valence-corrected chi connectivity index (χ4v) is 7.62. The molecular weight excluding hydrogens is 932 g/mol. The van der Waals surface area contributed by atoms with Gasteiger partial charge in [0.15, 0.2) is 0 Å². The molecule has 0 atom stereocenters. The molecule has 314 valence electrons. The second kappa shape index (κ2) is 22.4. The Kier molecular flexibility index (Phi) is 17.7. The molecule has 3 aliphatic rings. The highest BCUT2D eigenvalue weighted by atomic mass is 79.9. The summed E-state index contributed by atoms with van der Waals surface area (Å²) in [5.74, 6) is -0.792. The zero-order valence-corrected chi connectivity index (χ0v) is 37.1. The van der Waals surface area contributed by atoms with Crippen molar-refractivity contribution < 1.29 is 23.1 Å².